The average molecular weight is 266 g/mol. The first kappa shape index (κ1) is 15.1. The van der Waals surface area contributed by atoms with Gasteiger partial charge in [-0.05, 0) is 44.6 Å². The lowest BCUT2D eigenvalue weighted by Gasteiger charge is -2.11. The van der Waals surface area contributed by atoms with Gasteiger partial charge >= 0.3 is 5.97 Å². The van der Waals surface area contributed by atoms with Crippen LogP contribution in [0.4, 0.5) is 0 Å². The summed E-state index contributed by atoms with van der Waals surface area (Å²) in [6.45, 7) is 7.96. The molecule has 0 spiro atoms. The normalized spacial score (nSPS) is 10.7. The van der Waals surface area contributed by atoms with Crippen molar-refractivity contribution in [2.75, 3.05) is 5.75 Å². The van der Waals surface area contributed by atoms with Gasteiger partial charge in [-0.3, -0.25) is 4.79 Å². The lowest BCUT2D eigenvalue weighted by atomic mass is 10.1. The Hall–Kier alpha value is -0.960. The fourth-order valence-corrected chi connectivity index (χ4v) is 2.56. The molecular weight excluding hydrogens is 244 g/mol. The minimum atomic E-state index is -0.144. The van der Waals surface area contributed by atoms with E-state index in [2.05, 4.69) is 25.1 Å². The topological polar surface area (TPSA) is 26.3 Å². The van der Waals surface area contributed by atoms with E-state index in [4.69, 9.17) is 4.74 Å². The zero-order chi connectivity index (χ0) is 13.5. The number of carbonyl (C=O) groups excluding carboxylic acids is 1. The molecule has 3 heteroatoms. The maximum absolute atomic E-state index is 11.7. The third kappa shape index (κ3) is 5.13. The molecule has 0 atom stereocenters. The Kier molecular flexibility index (Phi) is 6.27. The predicted octanol–water partition coefficient (Wildman–Crippen LogP) is 3.99. The van der Waals surface area contributed by atoms with Crippen LogP contribution in [0.25, 0.3) is 0 Å². The highest BCUT2D eigenvalue weighted by Gasteiger charge is 2.11. The number of thioether (sulfide) groups is 1. The van der Waals surface area contributed by atoms with Gasteiger partial charge in [0.15, 0.2) is 0 Å². The van der Waals surface area contributed by atoms with Crippen LogP contribution >= 0.6 is 11.8 Å². The summed E-state index contributed by atoms with van der Waals surface area (Å²) in [6, 6.07) is 6.28. The number of aryl methyl sites for hydroxylation is 1. The molecule has 0 saturated heterocycles. The van der Waals surface area contributed by atoms with Crippen molar-refractivity contribution < 1.29 is 9.53 Å². The molecule has 1 aromatic carbocycles. The Labute approximate surface area is 114 Å². The largest absolute Gasteiger partial charge is 0.463 e. The Bertz CT molecular complexity index is 399. The van der Waals surface area contributed by atoms with E-state index in [0.717, 1.165) is 17.7 Å². The molecule has 0 aliphatic rings. The molecule has 1 rings (SSSR count). The predicted molar refractivity (Wildman–Crippen MR) is 77.1 cm³/mol. The highest BCUT2D eigenvalue weighted by molar-refractivity contribution is 7.99. The third-order valence-corrected chi connectivity index (χ3v) is 3.70. The molecule has 18 heavy (non-hydrogen) atoms. The van der Waals surface area contributed by atoms with E-state index in [1.807, 2.05) is 32.5 Å². The molecule has 0 radical (unpaired) electrons. The molecule has 0 aromatic heterocycles. The van der Waals surface area contributed by atoms with Gasteiger partial charge in [-0.25, -0.2) is 0 Å². The van der Waals surface area contributed by atoms with Crippen molar-refractivity contribution in [2.24, 2.45) is 0 Å². The quantitative estimate of drug-likeness (QED) is 0.575. The second kappa shape index (κ2) is 7.47. The zero-order valence-electron chi connectivity index (χ0n) is 11.7. The Balaban J connectivity index is 2.78. The van der Waals surface area contributed by atoms with Crippen LogP contribution in [0.2, 0.25) is 0 Å². The van der Waals surface area contributed by atoms with Crippen molar-refractivity contribution in [3.8, 4) is 0 Å². The van der Waals surface area contributed by atoms with Gasteiger partial charge in [0.2, 0.25) is 0 Å². The molecule has 1 aromatic rings. The standard InChI is InChI=1S/C15H22O2S/c1-5-8-18-14-7-6-12(4)9-13(14)10-15(16)17-11(2)3/h6-7,9,11H,5,8,10H2,1-4H3. The van der Waals surface area contributed by atoms with Crippen LogP contribution < -0.4 is 0 Å². The monoisotopic (exact) mass is 266 g/mol. The fraction of sp³-hybridized carbons (Fsp3) is 0.533. The van der Waals surface area contributed by atoms with Gasteiger partial charge in [-0.2, -0.15) is 0 Å². The summed E-state index contributed by atoms with van der Waals surface area (Å²) in [6.07, 6.45) is 1.45. The summed E-state index contributed by atoms with van der Waals surface area (Å²) >= 11 is 1.81. The van der Waals surface area contributed by atoms with Crippen molar-refractivity contribution >= 4 is 17.7 Å². The van der Waals surface area contributed by atoms with Crippen LogP contribution in [0.15, 0.2) is 23.1 Å². The molecule has 0 amide bonds. The number of hydrogen-bond donors (Lipinski definition) is 0. The molecule has 0 aliphatic heterocycles. The van der Waals surface area contributed by atoms with Gasteiger partial charge in [-0.1, -0.05) is 24.6 Å². The Morgan fingerprint density at radius 2 is 2.11 bits per heavy atom. The first-order valence-corrected chi connectivity index (χ1v) is 7.43. The second-order valence-corrected chi connectivity index (χ2v) is 5.81. The fourth-order valence-electron chi connectivity index (χ4n) is 1.66. The first-order chi connectivity index (χ1) is 8.52. The van der Waals surface area contributed by atoms with Crippen LogP contribution in [-0.2, 0) is 16.0 Å². The minimum Gasteiger partial charge on any atom is -0.463 e. The van der Waals surface area contributed by atoms with Crippen LogP contribution in [0.3, 0.4) is 0 Å². The highest BCUT2D eigenvalue weighted by atomic mass is 32.2. The van der Waals surface area contributed by atoms with Gasteiger partial charge in [-0.15, -0.1) is 11.8 Å². The Morgan fingerprint density at radius 1 is 1.39 bits per heavy atom. The van der Waals surface area contributed by atoms with E-state index in [1.54, 1.807) is 0 Å². The first-order valence-electron chi connectivity index (χ1n) is 6.44. The van der Waals surface area contributed by atoms with Crippen LogP contribution in [-0.4, -0.2) is 17.8 Å². The number of ether oxygens (including phenoxy) is 1. The number of rotatable bonds is 6. The van der Waals surface area contributed by atoms with Crippen molar-refractivity contribution in [1.29, 1.82) is 0 Å². The van der Waals surface area contributed by atoms with Gasteiger partial charge in [0.05, 0.1) is 12.5 Å². The van der Waals surface area contributed by atoms with Crippen LogP contribution in [0.1, 0.15) is 38.3 Å². The highest BCUT2D eigenvalue weighted by Crippen LogP contribution is 2.25. The van der Waals surface area contributed by atoms with E-state index < -0.39 is 0 Å². The number of benzene rings is 1. The summed E-state index contributed by atoms with van der Waals surface area (Å²) in [7, 11) is 0. The molecule has 0 aliphatic carbocycles. The second-order valence-electron chi connectivity index (χ2n) is 4.68. The van der Waals surface area contributed by atoms with E-state index >= 15 is 0 Å². The summed E-state index contributed by atoms with van der Waals surface area (Å²) < 4.78 is 5.21. The van der Waals surface area contributed by atoms with Crippen LogP contribution in [0.5, 0.6) is 0 Å². The van der Waals surface area contributed by atoms with Gasteiger partial charge < -0.3 is 4.74 Å². The number of carbonyl (C=O) groups is 1. The smallest absolute Gasteiger partial charge is 0.310 e. The molecule has 2 nitrogen and oxygen atoms in total. The van der Waals surface area contributed by atoms with Gasteiger partial charge in [0.25, 0.3) is 0 Å². The van der Waals surface area contributed by atoms with E-state index in [-0.39, 0.29) is 12.1 Å². The van der Waals surface area contributed by atoms with Crippen molar-refractivity contribution in [3.63, 3.8) is 0 Å². The molecule has 0 saturated carbocycles. The molecule has 0 unspecified atom stereocenters. The summed E-state index contributed by atoms with van der Waals surface area (Å²) in [5, 5.41) is 0. The summed E-state index contributed by atoms with van der Waals surface area (Å²) in [4.78, 5) is 12.9. The molecule has 100 valence electrons. The molecule has 0 fully saturated rings. The molecule has 0 heterocycles. The Morgan fingerprint density at radius 3 is 2.72 bits per heavy atom. The molecule has 0 N–H and O–H groups in total. The molecule has 0 bridgehead atoms. The maximum atomic E-state index is 11.7. The lowest BCUT2D eigenvalue weighted by molar-refractivity contribution is -0.146. The van der Waals surface area contributed by atoms with Gasteiger partial charge in [0, 0.05) is 4.90 Å². The van der Waals surface area contributed by atoms with E-state index in [0.29, 0.717) is 6.42 Å². The van der Waals surface area contributed by atoms with Gasteiger partial charge in [0.1, 0.15) is 0 Å². The van der Waals surface area contributed by atoms with Crippen molar-refractivity contribution in [1.82, 2.24) is 0 Å². The van der Waals surface area contributed by atoms with Crippen molar-refractivity contribution in [2.45, 2.75) is 51.5 Å². The third-order valence-electron chi connectivity index (χ3n) is 2.38. The molecular formula is C15H22O2S. The van der Waals surface area contributed by atoms with Crippen molar-refractivity contribution in [3.05, 3.63) is 29.3 Å². The summed E-state index contributed by atoms with van der Waals surface area (Å²) in [5.74, 6) is 0.934. The lowest BCUT2D eigenvalue weighted by Crippen LogP contribution is -2.14. The zero-order valence-corrected chi connectivity index (χ0v) is 12.5. The summed E-state index contributed by atoms with van der Waals surface area (Å²) in [5.41, 5.74) is 2.27. The number of esters is 1. The van der Waals surface area contributed by atoms with E-state index in [1.165, 1.54) is 10.5 Å². The average Bonchev–Trinajstić information content (AvgIpc) is 2.26. The van der Waals surface area contributed by atoms with Crippen LogP contribution in [0, 0.1) is 6.92 Å². The maximum Gasteiger partial charge on any atom is 0.310 e. The number of hydrogen-bond acceptors (Lipinski definition) is 3. The SMILES string of the molecule is CCCSc1ccc(C)cc1CC(=O)OC(C)C. The van der Waals surface area contributed by atoms with E-state index in [9.17, 15) is 4.79 Å². The minimum absolute atomic E-state index is 0.0472.